The first-order valence-electron chi connectivity index (χ1n) is 26.3. The minimum atomic E-state index is 0.518. The van der Waals surface area contributed by atoms with Crippen molar-refractivity contribution >= 4 is 21.5 Å². The summed E-state index contributed by atoms with van der Waals surface area (Å²) in [6, 6.07) is 83.8. The SMILES string of the molecule is c1ccc(-c2nc(-c3cc(-c4ccccn4)cc(-c4ccccn4)c3)nc(-c3cccc(-c4cccc(-c5cc(-c6ccccn6)cc(-c6nc(-c7cccc8ccccc78)nc(-c7cccc8ccccc78)n6)c5)n4)c3)n2)cc1. The van der Waals surface area contributed by atoms with Crippen LogP contribution >= 0.6 is 0 Å². The summed E-state index contributed by atoms with van der Waals surface area (Å²) in [6.45, 7) is 0. The van der Waals surface area contributed by atoms with Crippen LogP contribution in [-0.2, 0) is 0 Å². The molecule has 80 heavy (non-hydrogen) atoms. The lowest BCUT2D eigenvalue weighted by molar-refractivity contribution is 1.07. The second kappa shape index (κ2) is 20.8. The summed E-state index contributed by atoms with van der Waals surface area (Å²) in [5.74, 6) is 3.27. The number of nitrogens with zero attached hydrogens (tertiary/aromatic N) is 10. The van der Waals surface area contributed by atoms with Crippen LogP contribution in [0, 0.1) is 0 Å². The Labute approximate surface area is 461 Å². The van der Waals surface area contributed by atoms with Crippen LogP contribution in [-0.4, -0.2) is 49.8 Å². The lowest BCUT2D eigenvalue weighted by Crippen LogP contribution is -2.01. The number of fused-ring (bicyclic) bond motifs is 2. The van der Waals surface area contributed by atoms with Crippen molar-refractivity contribution in [3.63, 3.8) is 0 Å². The number of hydrogen-bond donors (Lipinski definition) is 0. The third-order valence-corrected chi connectivity index (χ3v) is 14.1. The Kier molecular flexibility index (Phi) is 12.3. The molecule has 0 aliphatic heterocycles. The first-order valence-corrected chi connectivity index (χ1v) is 26.3. The van der Waals surface area contributed by atoms with Gasteiger partial charge in [-0.05, 0) is 113 Å². The maximum atomic E-state index is 5.38. The molecule has 6 heterocycles. The Morgan fingerprint density at radius 3 is 1.02 bits per heavy atom. The molecule has 6 aromatic heterocycles. The van der Waals surface area contributed by atoms with Gasteiger partial charge in [0.25, 0.3) is 0 Å². The van der Waals surface area contributed by atoms with Gasteiger partial charge in [0, 0.05) is 79.8 Å². The van der Waals surface area contributed by atoms with E-state index in [1.807, 2.05) is 121 Å². The van der Waals surface area contributed by atoms with Crippen molar-refractivity contribution in [3.05, 3.63) is 267 Å². The van der Waals surface area contributed by atoms with Gasteiger partial charge in [0.05, 0.1) is 28.5 Å². The molecule has 0 aliphatic rings. The summed E-state index contributed by atoms with van der Waals surface area (Å²) >= 11 is 0. The first kappa shape index (κ1) is 47.4. The van der Waals surface area contributed by atoms with Gasteiger partial charge in [0.15, 0.2) is 34.9 Å². The molecule has 0 aliphatic carbocycles. The molecule has 374 valence electrons. The number of aromatic nitrogens is 10. The molecule has 0 saturated carbocycles. The molecule has 14 aromatic rings. The number of pyridine rings is 4. The predicted molar refractivity (Wildman–Crippen MR) is 319 cm³/mol. The monoisotopic (exact) mass is 1020 g/mol. The minimum absolute atomic E-state index is 0.518. The van der Waals surface area contributed by atoms with Crippen LogP contribution in [0.15, 0.2) is 267 Å². The van der Waals surface area contributed by atoms with E-state index in [1.54, 1.807) is 12.4 Å². The maximum absolute atomic E-state index is 5.38. The average Bonchev–Trinajstić information content (AvgIpc) is 3.57. The highest BCUT2D eigenvalue weighted by atomic mass is 15.0. The molecular formula is C70H44N10. The molecule has 0 amide bonds. The Hall–Kier alpha value is -11.1. The van der Waals surface area contributed by atoms with Gasteiger partial charge in [0.2, 0.25) is 0 Å². The van der Waals surface area contributed by atoms with Gasteiger partial charge in [0.1, 0.15) is 0 Å². The zero-order valence-electron chi connectivity index (χ0n) is 42.9. The smallest absolute Gasteiger partial charge is 0.164 e. The third-order valence-electron chi connectivity index (χ3n) is 14.1. The van der Waals surface area contributed by atoms with Crippen LogP contribution in [0.2, 0.25) is 0 Å². The molecular weight excluding hydrogens is 981 g/mol. The summed E-state index contributed by atoms with van der Waals surface area (Å²) in [7, 11) is 0. The van der Waals surface area contributed by atoms with Crippen molar-refractivity contribution in [3.8, 4) is 125 Å². The van der Waals surface area contributed by atoms with Crippen molar-refractivity contribution in [2.45, 2.75) is 0 Å². The van der Waals surface area contributed by atoms with E-state index in [0.717, 1.165) is 111 Å². The van der Waals surface area contributed by atoms with Crippen LogP contribution in [0.5, 0.6) is 0 Å². The van der Waals surface area contributed by atoms with Crippen molar-refractivity contribution in [2.75, 3.05) is 0 Å². The Bertz CT molecular complexity index is 4430. The molecule has 0 atom stereocenters. The quantitative estimate of drug-likeness (QED) is 0.123. The van der Waals surface area contributed by atoms with E-state index >= 15 is 0 Å². The van der Waals surface area contributed by atoms with E-state index in [9.17, 15) is 0 Å². The van der Waals surface area contributed by atoms with Crippen molar-refractivity contribution < 1.29 is 0 Å². The van der Waals surface area contributed by atoms with Gasteiger partial charge in [-0.2, -0.15) is 0 Å². The van der Waals surface area contributed by atoms with E-state index in [1.165, 1.54) is 0 Å². The highest BCUT2D eigenvalue weighted by Crippen LogP contribution is 2.37. The average molecular weight is 1030 g/mol. The van der Waals surface area contributed by atoms with Gasteiger partial charge in [-0.3, -0.25) is 15.0 Å². The largest absolute Gasteiger partial charge is 0.256 e. The fourth-order valence-corrected chi connectivity index (χ4v) is 10.2. The summed E-state index contributed by atoms with van der Waals surface area (Å²) in [4.78, 5) is 50.9. The molecule has 0 unspecified atom stereocenters. The normalized spacial score (nSPS) is 11.2. The van der Waals surface area contributed by atoms with Crippen LogP contribution in [0.3, 0.4) is 0 Å². The molecule has 0 saturated heterocycles. The number of benzene rings is 8. The fraction of sp³-hybridized carbons (Fsp3) is 0. The molecule has 0 radical (unpaired) electrons. The molecule has 14 rings (SSSR count). The second-order valence-corrected chi connectivity index (χ2v) is 19.3. The van der Waals surface area contributed by atoms with Crippen LogP contribution in [0.4, 0.5) is 0 Å². The number of rotatable bonds is 11. The van der Waals surface area contributed by atoms with Crippen molar-refractivity contribution in [1.82, 2.24) is 49.8 Å². The maximum Gasteiger partial charge on any atom is 0.164 e. The zero-order chi connectivity index (χ0) is 53.2. The lowest BCUT2D eigenvalue weighted by atomic mass is 9.99. The second-order valence-electron chi connectivity index (χ2n) is 19.3. The van der Waals surface area contributed by atoms with E-state index < -0.39 is 0 Å². The molecule has 0 bridgehead atoms. The molecule has 10 heteroatoms. The Balaban J connectivity index is 0.891. The van der Waals surface area contributed by atoms with Crippen LogP contribution in [0.25, 0.3) is 146 Å². The fourth-order valence-electron chi connectivity index (χ4n) is 10.2. The van der Waals surface area contributed by atoms with Gasteiger partial charge in [-0.1, -0.05) is 158 Å². The van der Waals surface area contributed by atoms with E-state index in [4.69, 9.17) is 49.8 Å². The zero-order valence-corrected chi connectivity index (χ0v) is 42.9. The number of hydrogen-bond acceptors (Lipinski definition) is 10. The minimum Gasteiger partial charge on any atom is -0.256 e. The van der Waals surface area contributed by atoms with Crippen LogP contribution in [0.1, 0.15) is 0 Å². The molecule has 0 fully saturated rings. The van der Waals surface area contributed by atoms with E-state index in [2.05, 4.69) is 133 Å². The summed E-state index contributed by atoms with van der Waals surface area (Å²) < 4.78 is 0. The highest BCUT2D eigenvalue weighted by molar-refractivity contribution is 5.98. The van der Waals surface area contributed by atoms with Crippen molar-refractivity contribution in [2.24, 2.45) is 0 Å². The molecule has 8 aromatic carbocycles. The first-order chi connectivity index (χ1) is 39.6. The molecule has 0 N–H and O–H groups in total. The standard InChI is InChI=1S/C70H44N10/c1-2-20-47(21-3-1)65-75-66(77-67(76-65)54-41-50(60-30-8-11-35-71-60)39-51(42-54)61-31-9-12-36-72-61)49-25-14-24-48(38-49)63-33-17-34-64(74-63)53-40-52(62-32-10-13-37-73-62)43-55(44-53)68-78-69(58-28-15-22-45-18-4-6-26-56(45)58)80-70(79-68)59-29-16-23-46-19-5-7-27-57(46)59/h1-44H. The molecule has 10 nitrogen and oxygen atoms in total. The van der Waals surface area contributed by atoms with Gasteiger partial charge in [-0.15, -0.1) is 0 Å². The Morgan fingerprint density at radius 1 is 0.188 bits per heavy atom. The van der Waals surface area contributed by atoms with Crippen LogP contribution < -0.4 is 0 Å². The Morgan fingerprint density at radius 2 is 0.512 bits per heavy atom. The summed E-state index contributed by atoms with van der Waals surface area (Å²) in [6.07, 6.45) is 5.41. The predicted octanol–water partition coefficient (Wildman–Crippen LogP) is 16.3. The van der Waals surface area contributed by atoms with Gasteiger partial charge in [-0.25, -0.2) is 34.9 Å². The summed E-state index contributed by atoms with van der Waals surface area (Å²) in [5.41, 5.74) is 13.6. The van der Waals surface area contributed by atoms with E-state index in [0.29, 0.717) is 34.9 Å². The molecule has 0 spiro atoms. The van der Waals surface area contributed by atoms with E-state index in [-0.39, 0.29) is 0 Å². The van der Waals surface area contributed by atoms with Gasteiger partial charge < -0.3 is 0 Å². The third kappa shape index (κ3) is 9.50. The summed E-state index contributed by atoms with van der Waals surface area (Å²) in [5, 5.41) is 4.31. The topological polar surface area (TPSA) is 129 Å². The highest BCUT2D eigenvalue weighted by Gasteiger charge is 2.20. The lowest BCUT2D eigenvalue weighted by Gasteiger charge is -2.14. The van der Waals surface area contributed by atoms with Gasteiger partial charge >= 0.3 is 0 Å². The van der Waals surface area contributed by atoms with Crippen molar-refractivity contribution in [1.29, 1.82) is 0 Å².